The van der Waals surface area contributed by atoms with Gasteiger partial charge in [-0.3, -0.25) is 0 Å². The molecule has 3 aliphatic rings. The molecule has 0 heteroatoms. The molecule has 0 aromatic carbocycles. The van der Waals surface area contributed by atoms with Crippen molar-refractivity contribution in [3.05, 3.63) is 12.7 Å². The summed E-state index contributed by atoms with van der Waals surface area (Å²) >= 11 is 0. The van der Waals surface area contributed by atoms with Crippen LogP contribution in [0.5, 0.6) is 0 Å². The molecular weight excluding hydrogens is 276 g/mol. The van der Waals surface area contributed by atoms with Gasteiger partial charge in [0.15, 0.2) is 0 Å². The maximum absolute atomic E-state index is 4.00. The van der Waals surface area contributed by atoms with Crippen LogP contribution in [0.15, 0.2) is 12.7 Å². The first-order valence-electron chi connectivity index (χ1n) is 10.9. The molecule has 3 saturated carbocycles. The lowest BCUT2D eigenvalue weighted by molar-refractivity contribution is 0.107. The first-order valence-corrected chi connectivity index (χ1v) is 10.9. The van der Waals surface area contributed by atoms with E-state index in [1.807, 2.05) is 0 Å². The van der Waals surface area contributed by atoms with Gasteiger partial charge in [-0.1, -0.05) is 38.7 Å². The van der Waals surface area contributed by atoms with E-state index < -0.39 is 0 Å². The number of allylic oxidation sites excluding steroid dienone is 1. The van der Waals surface area contributed by atoms with Gasteiger partial charge < -0.3 is 0 Å². The Hall–Kier alpha value is -0.260. The summed E-state index contributed by atoms with van der Waals surface area (Å²) in [6.45, 7) is 6.36. The smallest absolute Gasteiger partial charge is 0.0236 e. The summed E-state index contributed by atoms with van der Waals surface area (Å²) < 4.78 is 0. The van der Waals surface area contributed by atoms with Crippen LogP contribution < -0.4 is 0 Å². The Morgan fingerprint density at radius 2 is 1.04 bits per heavy atom. The zero-order valence-corrected chi connectivity index (χ0v) is 15.6. The lowest BCUT2D eigenvalue weighted by Gasteiger charge is -2.41. The highest BCUT2D eigenvalue weighted by Gasteiger charge is 2.34. The molecule has 0 nitrogen and oxygen atoms in total. The molecule has 0 heterocycles. The van der Waals surface area contributed by atoms with Crippen molar-refractivity contribution in [2.75, 3.05) is 0 Å². The zero-order chi connectivity index (χ0) is 16.1. The van der Waals surface area contributed by atoms with Crippen LogP contribution in [0, 0.1) is 35.5 Å². The predicted octanol–water partition coefficient (Wildman–Crippen LogP) is 7.39. The first-order chi connectivity index (χ1) is 11.3. The monoisotopic (exact) mass is 316 g/mol. The third-order valence-electron chi connectivity index (χ3n) is 7.89. The van der Waals surface area contributed by atoms with Crippen molar-refractivity contribution in [2.45, 2.75) is 96.8 Å². The lowest BCUT2D eigenvalue weighted by atomic mass is 9.65. The fourth-order valence-electron chi connectivity index (χ4n) is 6.30. The first kappa shape index (κ1) is 17.6. The van der Waals surface area contributed by atoms with E-state index >= 15 is 0 Å². The SMILES string of the molecule is C=C[C@H]1CC[C@H](C2CCC([C@H]3CC[C@H](CCC)CC3)CC2)CC1. The largest absolute Gasteiger partial charge is 0.103 e. The Labute approximate surface area is 145 Å². The molecule has 132 valence electrons. The number of hydrogen-bond donors (Lipinski definition) is 0. The molecule has 0 aromatic heterocycles. The zero-order valence-electron chi connectivity index (χ0n) is 15.6. The van der Waals surface area contributed by atoms with Crippen molar-refractivity contribution in [3.8, 4) is 0 Å². The Morgan fingerprint density at radius 3 is 1.43 bits per heavy atom. The Balaban J connectivity index is 1.38. The quantitative estimate of drug-likeness (QED) is 0.464. The Bertz CT molecular complexity index is 333. The molecule has 0 saturated heterocycles. The van der Waals surface area contributed by atoms with E-state index in [4.69, 9.17) is 0 Å². The van der Waals surface area contributed by atoms with Crippen molar-refractivity contribution < 1.29 is 0 Å². The second-order valence-electron chi connectivity index (χ2n) is 9.15. The summed E-state index contributed by atoms with van der Waals surface area (Å²) in [6.07, 6.45) is 23.4. The molecule has 0 aliphatic heterocycles. The van der Waals surface area contributed by atoms with Gasteiger partial charge in [-0.05, 0) is 99.7 Å². The van der Waals surface area contributed by atoms with Gasteiger partial charge in [0.1, 0.15) is 0 Å². The van der Waals surface area contributed by atoms with Gasteiger partial charge in [0.25, 0.3) is 0 Å². The average Bonchev–Trinajstić information content (AvgIpc) is 2.63. The van der Waals surface area contributed by atoms with Crippen LogP contribution in [-0.4, -0.2) is 0 Å². The fourth-order valence-corrected chi connectivity index (χ4v) is 6.30. The minimum Gasteiger partial charge on any atom is -0.103 e. The molecule has 0 radical (unpaired) electrons. The van der Waals surface area contributed by atoms with E-state index in [9.17, 15) is 0 Å². The third kappa shape index (κ3) is 4.64. The molecule has 0 unspecified atom stereocenters. The van der Waals surface area contributed by atoms with E-state index in [1.54, 1.807) is 51.4 Å². The van der Waals surface area contributed by atoms with E-state index in [-0.39, 0.29) is 0 Å². The molecular formula is C23H40. The van der Waals surface area contributed by atoms with E-state index in [2.05, 4.69) is 19.6 Å². The van der Waals surface area contributed by atoms with Crippen LogP contribution in [0.1, 0.15) is 96.8 Å². The van der Waals surface area contributed by atoms with Crippen molar-refractivity contribution in [2.24, 2.45) is 35.5 Å². The Kier molecular flexibility index (Phi) is 6.66. The van der Waals surface area contributed by atoms with Crippen LogP contribution in [0.25, 0.3) is 0 Å². The Morgan fingerprint density at radius 1 is 0.652 bits per heavy atom. The molecule has 0 aromatic rings. The standard InChI is InChI=1S/C23H40/c1-3-5-19-8-12-21(13-9-19)23-16-14-22(15-17-23)20-10-6-18(4-2)7-11-20/h4,18-23H,2-3,5-17H2,1H3/t18-,19-,20-,21-,22?,23?. The van der Waals surface area contributed by atoms with Crippen molar-refractivity contribution in [1.82, 2.24) is 0 Å². The lowest BCUT2D eigenvalue weighted by Crippen LogP contribution is -2.29. The van der Waals surface area contributed by atoms with Crippen molar-refractivity contribution in [1.29, 1.82) is 0 Å². The van der Waals surface area contributed by atoms with Crippen molar-refractivity contribution >= 4 is 0 Å². The van der Waals surface area contributed by atoms with Gasteiger partial charge in [-0.2, -0.15) is 0 Å². The van der Waals surface area contributed by atoms with Crippen LogP contribution in [0.2, 0.25) is 0 Å². The van der Waals surface area contributed by atoms with Crippen LogP contribution in [-0.2, 0) is 0 Å². The van der Waals surface area contributed by atoms with Gasteiger partial charge in [-0.15, -0.1) is 6.58 Å². The molecule has 0 atom stereocenters. The van der Waals surface area contributed by atoms with Gasteiger partial charge in [0.2, 0.25) is 0 Å². The molecule has 0 N–H and O–H groups in total. The van der Waals surface area contributed by atoms with E-state index in [0.717, 1.165) is 35.5 Å². The van der Waals surface area contributed by atoms with Crippen LogP contribution in [0.4, 0.5) is 0 Å². The second-order valence-corrected chi connectivity index (χ2v) is 9.15. The molecule has 3 rings (SSSR count). The minimum absolute atomic E-state index is 0.834. The summed E-state index contributed by atoms with van der Waals surface area (Å²) in [5.74, 6) is 6.24. The fraction of sp³-hybridized carbons (Fsp3) is 0.913. The maximum Gasteiger partial charge on any atom is -0.0236 e. The second kappa shape index (κ2) is 8.72. The third-order valence-corrected chi connectivity index (χ3v) is 7.89. The molecule has 3 aliphatic carbocycles. The summed E-state index contributed by atoms with van der Waals surface area (Å²) in [4.78, 5) is 0. The van der Waals surface area contributed by atoms with Crippen LogP contribution in [0.3, 0.4) is 0 Å². The number of hydrogen-bond acceptors (Lipinski definition) is 0. The topological polar surface area (TPSA) is 0 Å². The normalized spacial score (nSPS) is 42.3. The van der Waals surface area contributed by atoms with Crippen molar-refractivity contribution in [3.63, 3.8) is 0 Å². The maximum atomic E-state index is 4.00. The predicted molar refractivity (Wildman–Crippen MR) is 101 cm³/mol. The summed E-state index contributed by atoms with van der Waals surface area (Å²) in [5.41, 5.74) is 0. The van der Waals surface area contributed by atoms with Gasteiger partial charge in [0.05, 0.1) is 0 Å². The van der Waals surface area contributed by atoms with Gasteiger partial charge in [0, 0.05) is 0 Å². The molecule has 23 heavy (non-hydrogen) atoms. The molecule has 0 bridgehead atoms. The molecule has 0 amide bonds. The summed E-state index contributed by atoms with van der Waals surface area (Å²) in [5, 5.41) is 0. The average molecular weight is 317 g/mol. The molecule has 0 spiro atoms. The molecule has 3 fully saturated rings. The highest BCUT2D eigenvalue weighted by molar-refractivity contribution is 4.88. The number of rotatable bonds is 5. The minimum atomic E-state index is 0.834. The van der Waals surface area contributed by atoms with Crippen LogP contribution >= 0.6 is 0 Å². The van der Waals surface area contributed by atoms with E-state index in [1.165, 1.54) is 38.5 Å². The van der Waals surface area contributed by atoms with Gasteiger partial charge in [-0.25, -0.2) is 0 Å². The summed E-state index contributed by atoms with van der Waals surface area (Å²) in [7, 11) is 0. The highest BCUT2D eigenvalue weighted by Crippen LogP contribution is 2.46. The van der Waals surface area contributed by atoms with E-state index in [0.29, 0.717) is 0 Å². The highest BCUT2D eigenvalue weighted by atomic mass is 14.4. The summed E-state index contributed by atoms with van der Waals surface area (Å²) in [6, 6.07) is 0. The van der Waals surface area contributed by atoms with Gasteiger partial charge >= 0.3 is 0 Å².